The monoisotopic (exact) mass is 152 g/mol. The lowest BCUT2D eigenvalue weighted by Crippen LogP contribution is -2.34. The lowest BCUT2D eigenvalue weighted by molar-refractivity contribution is -0.130. The van der Waals surface area contributed by atoms with E-state index in [9.17, 15) is 4.79 Å². The highest BCUT2D eigenvalue weighted by molar-refractivity contribution is 5.92. The summed E-state index contributed by atoms with van der Waals surface area (Å²) in [5, 5.41) is 0. The van der Waals surface area contributed by atoms with Crippen molar-refractivity contribution in [2.24, 2.45) is 0 Å². The quantitative estimate of drug-likeness (QED) is 0.491. The van der Waals surface area contributed by atoms with E-state index >= 15 is 0 Å². The van der Waals surface area contributed by atoms with Crippen molar-refractivity contribution in [1.82, 2.24) is 0 Å². The van der Waals surface area contributed by atoms with Crippen LogP contribution in [-0.4, -0.2) is 17.0 Å². The third-order valence-electron chi connectivity index (χ3n) is 2.53. The summed E-state index contributed by atoms with van der Waals surface area (Å²) >= 11 is 0. The Bertz CT molecular complexity index is 244. The molecule has 0 spiro atoms. The smallest absolute Gasteiger partial charge is 0.171 e. The number of ether oxygens (including phenoxy) is 1. The molecule has 0 radical (unpaired) electrons. The topological polar surface area (TPSA) is 26.3 Å². The standard InChI is InChI=1S/C9H12O2/c1-8-4-3-5-9(2,11-8)7(10)6-8/h3,5H,4,6H2,1-2H3/t8-,9+/m0/s1. The predicted octanol–water partition coefficient (Wildman–Crippen LogP) is 1.45. The second-order valence-electron chi connectivity index (χ2n) is 3.87. The molecule has 11 heavy (non-hydrogen) atoms. The van der Waals surface area contributed by atoms with Gasteiger partial charge in [0.25, 0.3) is 0 Å². The van der Waals surface area contributed by atoms with Gasteiger partial charge in [-0.05, 0) is 26.3 Å². The summed E-state index contributed by atoms with van der Waals surface area (Å²) in [4.78, 5) is 11.4. The van der Waals surface area contributed by atoms with E-state index in [4.69, 9.17) is 4.74 Å². The van der Waals surface area contributed by atoms with E-state index in [1.807, 2.05) is 19.9 Å². The molecule has 1 fully saturated rings. The van der Waals surface area contributed by atoms with Gasteiger partial charge in [-0.1, -0.05) is 6.08 Å². The zero-order valence-corrected chi connectivity index (χ0v) is 6.89. The first kappa shape index (κ1) is 7.04. The Kier molecular flexibility index (Phi) is 1.12. The average molecular weight is 152 g/mol. The second-order valence-corrected chi connectivity index (χ2v) is 3.87. The summed E-state index contributed by atoms with van der Waals surface area (Å²) in [5.74, 6) is 0.216. The maximum absolute atomic E-state index is 11.4. The second kappa shape index (κ2) is 1.75. The molecule has 2 heterocycles. The summed E-state index contributed by atoms with van der Waals surface area (Å²) in [5.41, 5.74) is -0.812. The number of carbonyl (C=O) groups excluding carboxylic acids is 1. The molecule has 0 amide bonds. The van der Waals surface area contributed by atoms with Crippen molar-refractivity contribution >= 4 is 5.78 Å². The third-order valence-corrected chi connectivity index (χ3v) is 2.53. The van der Waals surface area contributed by atoms with Gasteiger partial charge in [-0.3, -0.25) is 4.79 Å². The largest absolute Gasteiger partial charge is 0.356 e. The van der Waals surface area contributed by atoms with Gasteiger partial charge in [0, 0.05) is 6.42 Å². The first-order valence-corrected chi connectivity index (χ1v) is 3.95. The van der Waals surface area contributed by atoms with E-state index in [2.05, 4.69) is 6.08 Å². The molecular weight excluding hydrogens is 140 g/mol. The minimum Gasteiger partial charge on any atom is -0.356 e. The number of fused-ring (bicyclic) bond motifs is 2. The Labute approximate surface area is 66.2 Å². The Morgan fingerprint density at radius 2 is 2.27 bits per heavy atom. The fourth-order valence-electron chi connectivity index (χ4n) is 1.89. The van der Waals surface area contributed by atoms with Crippen LogP contribution in [0.1, 0.15) is 26.7 Å². The Balaban J connectivity index is 2.44. The number of rotatable bonds is 0. The molecule has 0 aromatic heterocycles. The van der Waals surface area contributed by atoms with E-state index in [-0.39, 0.29) is 11.4 Å². The molecule has 2 nitrogen and oxygen atoms in total. The summed E-state index contributed by atoms with van der Waals surface area (Å²) in [7, 11) is 0. The lowest BCUT2D eigenvalue weighted by Gasteiger charge is -2.29. The third kappa shape index (κ3) is 0.857. The average Bonchev–Trinajstić information content (AvgIpc) is 1.99. The highest BCUT2D eigenvalue weighted by Gasteiger charge is 2.50. The van der Waals surface area contributed by atoms with Crippen LogP contribution in [0.3, 0.4) is 0 Å². The first-order valence-electron chi connectivity index (χ1n) is 3.95. The summed E-state index contributed by atoms with van der Waals surface area (Å²) in [6, 6.07) is 0. The summed E-state index contributed by atoms with van der Waals surface area (Å²) < 4.78 is 5.65. The van der Waals surface area contributed by atoms with Gasteiger partial charge in [-0.15, -0.1) is 0 Å². The highest BCUT2D eigenvalue weighted by Crippen LogP contribution is 2.41. The maximum Gasteiger partial charge on any atom is 0.171 e. The Morgan fingerprint density at radius 1 is 1.55 bits per heavy atom. The van der Waals surface area contributed by atoms with Crippen LogP contribution in [0.2, 0.25) is 0 Å². The number of ketones is 1. The SMILES string of the molecule is C[C@@]12CC=C[C@@](C)(O1)C(=O)C2. The molecule has 2 aliphatic heterocycles. The van der Waals surface area contributed by atoms with Gasteiger partial charge in [-0.25, -0.2) is 0 Å². The van der Waals surface area contributed by atoms with Crippen molar-refractivity contribution < 1.29 is 9.53 Å². The van der Waals surface area contributed by atoms with Crippen molar-refractivity contribution in [3.63, 3.8) is 0 Å². The van der Waals surface area contributed by atoms with Crippen molar-refractivity contribution in [2.45, 2.75) is 37.9 Å². The first-order chi connectivity index (χ1) is 5.04. The van der Waals surface area contributed by atoms with Crippen LogP contribution < -0.4 is 0 Å². The van der Waals surface area contributed by atoms with Crippen LogP contribution in [0.15, 0.2) is 12.2 Å². The molecule has 0 saturated carbocycles. The molecular formula is C9H12O2. The van der Waals surface area contributed by atoms with E-state index in [1.54, 1.807) is 0 Å². The van der Waals surface area contributed by atoms with Crippen molar-refractivity contribution in [3.05, 3.63) is 12.2 Å². The van der Waals surface area contributed by atoms with Gasteiger partial charge >= 0.3 is 0 Å². The van der Waals surface area contributed by atoms with Crippen LogP contribution in [-0.2, 0) is 9.53 Å². The molecule has 2 bridgehead atoms. The van der Waals surface area contributed by atoms with Gasteiger partial charge in [0.15, 0.2) is 5.78 Å². The predicted molar refractivity (Wildman–Crippen MR) is 41.3 cm³/mol. The molecule has 0 unspecified atom stereocenters. The molecule has 0 aromatic rings. The van der Waals surface area contributed by atoms with Crippen molar-refractivity contribution in [2.75, 3.05) is 0 Å². The number of hydrogen-bond acceptors (Lipinski definition) is 2. The number of carbonyl (C=O) groups is 1. The molecule has 0 aromatic carbocycles. The summed E-state index contributed by atoms with van der Waals surface area (Å²) in [6.07, 6.45) is 5.36. The number of Topliss-reactive ketones (excluding diaryl/α,β-unsaturated/α-hetero) is 1. The normalized spacial score (nSPS) is 48.4. The van der Waals surface area contributed by atoms with Crippen LogP contribution in [0.25, 0.3) is 0 Å². The fourth-order valence-corrected chi connectivity index (χ4v) is 1.89. The van der Waals surface area contributed by atoms with Gasteiger partial charge in [-0.2, -0.15) is 0 Å². The van der Waals surface area contributed by atoms with E-state index in [0.29, 0.717) is 6.42 Å². The van der Waals surface area contributed by atoms with Crippen molar-refractivity contribution in [3.8, 4) is 0 Å². The van der Waals surface area contributed by atoms with Gasteiger partial charge < -0.3 is 4.74 Å². The van der Waals surface area contributed by atoms with Gasteiger partial charge in [0.05, 0.1) is 5.60 Å². The Morgan fingerprint density at radius 3 is 2.82 bits per heavy atom. The van der Waals surface area contributed by atoms with E-state index in [0.717, 1.165) is 6.42 Å². The van der Waals surface area contributed by atoms with E-state index in [1.165, 1.54) is 0 Å². The minimum absolute atomic E-state index is 0.208. The molecule has 2 aliphatic rings. The summed E-state index contributed by atoms with van der Waals surface area (Å²) in [6.45, 7) is 3.84. The lowest BCUT2D eigenvalue weighted by atomic mass is 9.99. The highest BCUT2D eigenvalue weighted by atomic mass is 16.5. The van der Waals surface area contributed by atoms with Crippen LogP contribution in [0.5, 0.6) is 0 Å². The zero-order chi connectivity index (χ0) is 8.11. The number of hydrogen-bond donors (Lipinski definition) is 0. The molecule has 2 rings (SSSR count). The van der Waals surface area contributed by atoms with Crippen LogP contribution in [0.4, 0.5) is 0 Å². The molecule has 2 heteroatoms. The van der Waals surface area contributed by atoms with Crippen LogP contribution in [0, 0.1) is 0 Å². The Hall–Kier alpha value is -0.630. The molecule has 0 N–H and O–H groups in total. The zero-order valence-electron chi connectivity index (χ0n) is 6.89. The van der Waals surface area contributed by atoms with Crippen LogP contribution >= 0.6 is 0 Å². The molecule has 1 saturated heterocycles. The molecule has 2 atom stereocenters. The molecule has 0 aliphatic carbocycles. The van der Waals surface area contributed by atoms with Gasteiger partial charge in [0.1, 0.15) is 5.60 Å². The van der Waals surface area contributed by atoms with Crippen molar-refractivity contribution in [1.29, 1.82) is 0 Å². The fraction of sp³-hybridized carbons (Fsp3) is 0.667. The van der Waals surface area contributed by atoms with E-state index < -0.39 is 5.60 Å². The minimum atomic E-state index is -0.604. The van der Waals surface area contributed by atoms with Gasteiger partial charge in [0.2, 0.25) is 0 Å². The molecule has 60 valence electrons. The maximum atomic E-state index is 11.4.